The van der Waals surface area contributed by atoms with Crippen LogP contribution in [0.3, 0.4) is 0 Å². The van der Waals surface area contributed by atoms with Crippen LogP contribution >= 0.6 is 0 Å². The molecule has 0 aliphatic carbocycles. The van der Waals surface area contributed by atoms with Crippen LogP contribution in [0.4, 0.5) is 5.69 Å². The molecule has 1 aromatic carbocycles. The van der Waals surface area contributed by atoms with Crippen LogP contribution in [-0.4, -0.2) is 29.9 Å². The maximum atomic E-state index is 11.3. The van der Waals surface area contributed by atoms with Crippen molar-refractivity contribution in [2.75, 3.05) is 18.9 Å². The first kappa shape index (κ1) is 11.4. The van der Waals surface area contributed by atoms with Crippen LogP contribution in [0.25, 0.3) is 0 Å². The van der Waals surface area contributed by atoms with Crippen molar-refractivity contribution in [1.29, 1.82) is 0 Å². The molecule has 2 rings (SSSR count). The van der Waals surface area contributed by atoms with Crippen LogP contribution in [-0.2, 0) is 9.59 Å². The topological polar surface area (TPSA) is 72.6 Å². The third-order valence-electron chi connectivity index (χ3n) is 2.62. The maximum absolute atomic E-state index is 11.3. The third kappa shape index (κ3) is 2.75. The molecule has 1 saturated heterocycles. The molecular formula is C12H14N2O3. The minimum Gasteiger partial charge on any atom is -0.492 e. The predicted octanol–water partition coefficient (Wildman–Crippen LogP) is 0.797. The fourth-order valence-electron chi connectivity index (χ4n) is 1.69. The Morgan fingerprint density at radius 2 is 1.71 bits per heavy atom. The van der Waals surface area contributed by atoms with E-state index in [0.717, 1.165) is 0 Å². The van der Waals surface area contributed by atoms with Crippen molar-refractivity contribution in [2.24, 2.45) is 0 Å². The highest BCUT2D eigenvalue weighted by atomic mass is 16.5. The summed E-state index contributed by atoms with van der Waals surface area (Å²) in [4.78, 5) is 23.9. The highest BCUT2D eigenvalue weighted by Gasteiger charge is 2.28. The van der Waals surface area contributed by atoms with Gasteiger partial charge in [0, 0.05) is 18.5 Å². The van der Waals surface area contributed by atoms with E-state index >= 15 is 0 Å². The van der Waals surface area contributed by atoms with Gasteiger partial charge in [-0.25, -0.2) is 0 Å². The molecule has 0 bridgehead atoms. The quantitative estimate of drug-likeness (QED) is 0.617. The first-order chi connectivity index (χ1) is 8.16. The van der Waals surface area contributed by atoms with Crippen molar-refractivity contribution in [3.05, 3.63) is 24.3 Å². The third-order valence-corrected chi connectivity index (χ3v) is 2.62. The molecule has 5 nitrogen and oxygen atoms in total. The van der Waals surface area contributed by atoms with Crippen molar-refractivity contribution >= 4 is 17.5 Å². The summed E-state index contributed by atoms with van der Waals surface area (Å²) in [6.07, 6.45) is 0.640. The van der Waals surface area contributed by atoms with Crippen LogP contribution in [0.2, 0.25) is 0 Å². The molecule has 17 heavy (non-hydrogen) atoms. The molecule has 2 N–H and O–H groups in total. The molecule has 0 unspecified atom stereocenters. The smallest absolute Gasteiger partial charge is 0.229 e. The molecule has 0 atom stereocenters. The average molecular weight is 234 g/mol. The van der Waals surface area contributed by atoms with E-state index in [2.05, 4.69) is 0 Å². The molecule has 2 amide bonds. The van der Waals surface area contributed by atoms with E-state index in [0.29, 0.717) is 37.4 Å². The summed E-state index contributed by atoms with van der Waals surface area (Å²) in [5.74, 6) is 0.449. The summed E-state index contributed by atoms with van der Waals surface area (Å²) in [6.45, 7) is 0.615. The molecular weight excluding hydrogens is 220 g/mol. The van der Waals surface area contributed by atoms with Gasteiger partial charge in [-0.1, -0.05) is 0 Å². The fourth-order valence-corrected chi connectivity index (χ4v) is 1.69. The van der Waals surface area contributed by atoms with Crippen molar-refractivity contribution in [1.82, 2.24) is 4.90 Å². The molecule has 0 saturated carbocycles. The summed E-state index contributed by atoms with van der Waals surface area (Å²) >= 11 is 0. The standard InChI is InChI=1S/C12H14N2O3/c13-9-1-3-10(4-2-9)17-8-7-14-11(15)5-6-12(14)16/h1-4H,5-8,13H2. The van der Waals surface area contributed by atoms with Gasteiger partial charge in [0.05, 0.1) is 6.54 Å². The molecule has 0 radical (unpaired) electrons. The van der Waals surface area contributed by atoms with E-state index in [1.54, 1.807) is 24.3 Å². The summed E-state index contributed by atoms with van der Waals surface area (Å²) in [7, 11) is 0. The van der Waals surface area contributed by atoms with E-state index < -0.39 is 0 Å². The number of nitrogens with two attached hydrogens (primary N) is 1. The van der Waals surface area contributed by atoms with Crippen molar-refractivity contribution in [2.45, 2.75) is 12.8 Å². The molecule has 0 spiro atoms. The molecule has 5 heteroatoms. The van der Waals surface area contributed by atoms with E-state index in [1.807, 2.05) is 0 Å². The normalized spacial score (nSPS) is 15.4. The van der Waals surface area contributed by atoms with Gasteiger partial charge >= 0.3 is 0 Å². The zero-order valence-corrected chi connectivity index (χ0v) is 9.39. The van der Waals surface area contributed by atoms with Crippen LogP contribution in [0.1, 0.15) is 12.8 Å². The minimum atomic E-state index is -0.115. The molecule has 1 aliphatic rings. The number of likely N-dealkylation sites (tertiary alicyclic amines) is 1. The van der Waals surface area contributed by atoms with Gasteiger partial charge < -0.3 is 10.5 Å². The van der Waals surface area contributed by atoms with Crippen LogP contribution in [0.15, 0.2) is 24.3 Å². The molecule has 90 valence electrons. The van der Waals surface area contributed by atoms with Crippen LogP contribution in [0, 0.1) is 0 Å². The Balaban J connectivity index is 1.81. The van der Waals surface area contributed by atoms with Gasteiger partial charge in [0.25, 0.3) is 0 Å². The number of rotatable bonds is 4. The highest BCUT2D eigenvalue weighted by molar-refractivity contribution is 6.01. The summed E-state index contributed by atoms with van der Waals surface area (Å²) < 4.78 is 5.42. The van der Waals surface area contributed by atoms with Gasteiger partial charge in [-0.3, -0.25) is 14.5 Å². The lowest BCUT2D eigenvalue weighted by atomic mass is 10.3. The van der Waals surface area contributed by atoms with Crippen molar-refractivity contribution in [3.63, 3.8) is 0 Å². The van der Waals surface area contributed by atoms with Gasteiger partial charge in [0.15, 0.2) is 0 Å². The van der Waals surface area contributed by atoms with Gasteiger partial charge in [-0.05, 0) is 24.3 Å². The number of anilines is 1. The monoisotopic (exact) mass is 234 g/mol. The number of nitrogen functional groups attached to an aromatic ring is 1. The molecule has 1 heterocycles. The number of ether oxygens (including phenoxy) is 1. The van der Waals surface area contributed by atoms with Gasteiger partial charge in [0.1, 0.15) is 12.4 Å². The zero-order valence-electron chi connectivity index (χ0n) is 9.39. The fraction of sp³-hybridized carbons (Fsp3) is 0.333. The first-order valence-electron chi connectivity index (χ1n) is 5.48. The molecule has 1 aliphatic heterocycles. The Kier molecular flexibility index (Phi) is 3.27. The summed E-state index contributed by atoms with van der Waals surface area (Å²) in [5, 5.41) is 0. The number of hydrogen-bond acceptors (Lipinski definition) is 4. The van der Waals surface area contributed by atoms with Crippen molar-refractivity contribution < 1.29 is 14.3 Å². The average Bonchev–Trinajstić information content (AvgIpc) is 2.63. The van der Waals surface area contributed by atoms with E-state index in [4.69, 9.17) is 10.5 Å². The molecule has 1 aromatic rings. The second-order valence-electron chi connectivity index (χ2n) is 3.86. The number of benzene rings is 1. The Hall–Kier alpha value is -2.04. The van der Waals surface area contributed by atoms with E-state index in [1.165, 1.54) is 4.90 Å². The zero-order chi connectivity index (χ0) is 12.3. The number of hydrogen-bond donors (Lipinski definition) is 1. The van der Waals surface area contributed by atoms with Crippen LogP contribution in [0.5, 0.6) is 5.75 Å². The lowest BCUT2D eigenvalue weighted by Crippen LogP contribution is -2.33. The lowest BCUT2D eigenvalue weighted by Gasteiger charge is -2.14. The number of imide groups is 1. The molecule has 1 fully saturated rings. The molecule has 0 aromatic heterocycles. The number of nitrogens with zero attached hydrogens (tertiary/aromatic N) is 1. The van der Waals surface area contributed by atoms with Gasteiger partial charge in [-0.15, -0.1) is 0 Å². The Bertz CT molecular complexity index is 412. The predicted molar refractivity (Wildman–Crippen MR) is 62.3 cm³/mol. The summed E-state index contributed by atoms with van der Waals surface area (Å²) in [5.41, 5.74) is 6.21. The number of amides is 2. The van der Waals surface area contributed by atoms with Crippen LogP contribution < -0.4 is 10.5 Å². The van der Waals surface area contributed by atoms with E-state index in [-0.39, 0.29) is 11.8 Å². The Morgan fingerprint density at radius 3 is 2.29 bits per heavy atom. The number of carbonyl (C=O) groups is 2. The maximum Gasteiger partial charge on any atom is 0.229 e. The largest absolute Gasteiger partial charge is 0.492 e. The number of carbonyl (C=O) groups excluding carboxylic acids is 2. The SMILES string of the molecule is Nc1ccc(OCCN2C(=O)CCC2=O)cc1. The lowest BCUT2D eigenvalue weighted by molar-refractivity contribution is -0.138. The first-order valence-corrected chi connectivity index (χ1v) is 5.48. The Morgan fingerprint density at radius 1 is 1.12 bits per heavy atom. The van der Waals surface area contributed by atoms with Gasteiger partial charge in [0.2, 0.25) is 11.8 Å². The highest BCUT2D eigenvalue weighted by Crippen LogP contribution is 2.14. The summed E-state index contributed by atoms with van der Waals surface area (Å²) in [6, 6.07) is 6.98. The van der Waals surface area contributed by atoms with Crippen molar-refractivity contribution in [3.8, 4) is 5.75 Å². The Labute approximate surface area is 99.2 Å². The second kappa shape index (κ2) is 4.86. The second-order valence-corrected chi connectivity index (χ2v) is 3.86. The minimum absolute atomic E-state index is 0.115. The van der Waals surface area contributed by atoms with Gasteiger partial charge in [-0.2, -0.15) is 0 Å². The van der Waals surface area contributed by atoms with E-state index in [9.17, 15) is 9.59 Å².